The second-order valence-corrected chi connectivity index (χ2v) is 5.19. The van der Waals surface area contributed by atoms with Crippen molar-refractivity contribution in [3.8, 4) is 0 Å². The first-order valence-corrected chi connectivity index (χ1v) is 7.48. The minimum absolute atomic E-state index is 0.172. The molecule has 0 N–H and O–H groups in total. The monoisotopic (exact) mass is 323 g/mol. The van der Waals surface area contributed by atoms with E-state index in [1.54, 1.807) is 36.4 Å². The number of ketones is 2. The fourth-order valence-electron chi connectivity index (χ4n) is 2.28. The molecule has 24 heavy (non-hydrogen) atoms. The first-order chi connectivity index (χ1) is 11.6. The van der Waals surface area contributed by atoms with Crippen molar-refractivity contribution in [3.05, 3.63) is 90.8 Å². The molecule has 0 radical (unpaired) electrons. The number of hydrogen-bond acceptors (Lipinski definition) is 3. The summed E-state index contributed by atoms with van der Waals surface area (Å²) in [6.07, 6.45) is 3.56. The minimum Gasteiger partial charge on any atom is -0.364 e. The molecule has 0 amide bonds. The summed E-state index contributed by atoms with van der Waals surface area (Å²) in [5.74, 6) is -1.73. The topological polar surface area (TPSA) is 37.4 Å². The third-order valence-electron chi connectivity index (χ3n) is 3.51. The van der Waals surface area contributed by atoms with Crippen LogP contribution in [0.5, 0.6) is 0 Å². The summed E-state index contributed by atoms with van der Waals surface area (Å²) in [5, 5.41) is 0. The van der Waals surface area contributed by atoms with Crippen molar-refractivity contribution in [2.75, 3.05) is 18.0 Å². The van der Waals surface area contributed by atoms with Crippen molar-refractivity contribution in [1.82, 2.24) is 0 Å². The van der Waals surface area contributed by atoms with Crippen LogP contribution in [0.2, 0.25) is 0 Å². The van der Waals surface area contributed by atoms with E-state index in [0.717, 1.165) is 17.8 Å². The van der Waals surface area contributed by atoms with Gasteiger partial charge in [-0.05, 0) is 48.5 Å². The van der Waals surface area contributed by atoms with Crippen LogP contribution in [0.4, 0.5) is 10.1 Å². The molecule has 0 saturated heterocycles. The number of carbonyl (C=O) groups is 2. The molecular formula is C20H18FNO2. The average Bonchev–Trinajstić information content (AvgIpc) is 2.61. The average molecular weight is 323 g/mol. The summed E-state index contributed by atoms with van der Waals surface area (Å²) in [4.78, 5) is 26.5. The molecule has 2 rings (SSSR count). The Bertz CT molecular complexity index is 738. The van der Waals surface area contributed by atoms with E-state index < -0.39 is 17.4 Å². The van der Waals surface area contributed by atoms with Crippen LogP contribution in [0.25, 0.3) is 0 Å². The summed E-state index contributed by atoms with van der Waals surface area (Å²) in [5.41, 5.74) is 1.37. The van der Waals surface area contributed by atoms with Gasteiger partial charge in [0.15, 0.2) is 0 Å². The summed E-state index contributed by atoms with van der Waals surface area (Å²) >= 11 is 0. The first-order valence-electron chi connectivity index (χ1n) is 7.48. The van der Waals surface area contributed by atoms with Gasteiger partial charge >= 0.3 is 0 Å². The van der Waals surface area contributed by atoms with Crippen LogP contribution in [0, 0.1) is 5.82 Å². The van der Waals surface area contributed by atoms with Crippen molar-refractivity contribution in [3.63, 3.8) is 0 Å². The number of hydrogen-bond donors (Lipinski definition) is 0. The maximum Gasteiger partial charge on any atom is 0.233 e. The molecule has 0 spiro atoms. The normalized spacial score (nSPS) is 10.0. The molecule has 2 aromatic rings. The molecule has 0 saturated carbocycles. The zero-order chi connectivity index (χ0) is 17.5. The zero-order valence-electron chi connectivity index (χ0n) is 13.2. The lowest BCUT2D eigenvalue weighted by Crippen LogP contribution is -2.23. The number of anilines is 1. The predicted octanol–water partition coefficient (Wildman–Crippen LogP) is 4.07. The molecule has 0 bridgehead atoms. The molecule has 0 aliphatic heterocycles. The smallest absolute Gasteiger partial charge is 0.233 e. The van der Waals surface area contributed by atoms with Gasteiger partial charge in [0.1, 0.15) is 5.82 Å². The highest BCUT2D eigenvalue weighted by molar-refractivity contribution is 6.49. The van der Waals surface area contributed by atoms with Crippen molar-refractivity contribution in [1.29, 1.82) is 0 Å². The number of nitrogens with zero attached hydrogens (tertiary/aromatic N) is 1. The molecule has 4 heteroatoms. The third-order valence-corrected chi connectivity index (χ3v) is 3.51. The first kappa shape index (κ1) is 17.3. The van der Waals surface area contributed by atoms with Gasteiger partial charge in [-0.15, -0.1) is 13.2 Å². The van der Waals surface area contributed by atoms with Gasteiger partial charge in [-0.1, -0.05) is 12.2 Å². The molecule has 0 unspecified atom stereocenters. The van der Waals surface area contributed by atoms with Crippen molar-refractivity contribution in [2.24, 2.45) is 0 Å². The maximum absolute atomic E-state index is 12.9. The zero-order valence-corrected chi connectivity index (χ0v) is 13.2. The Morgan fingerprint density at radius 1 is 0.833 bits per heavy atom. The van der Waals surface area contributed by atoms with Crippen LogP contribution >= 0.6 is 0 Å². The van der Waals surface area contributed by atoms with Crippen LogP contribution in [0.3, 0.4) is 0 Å². The summed E-state index contributed by atoms with van der Waals surface area (Å²) in [6.45, 7) is 8.72. The molecule has 0 fully saturated rings. The molecule has 2 aromatic carbocycles. The van der Waals surface area contributed by atoms with Crippen molar-refractivity contribution in [2.45, 2.75) is 0 Å². The summed E-state index contributed by atoms with van der Waals surface area (Å²) in [7, 11) is 0. The van der Waals surface area contributed by atoms with Crippen LogP contribution in [-0.4, -0.2) is 24.7 Å². The SMILES string of the molecule is C=CCN(CC=C)c1ccc(C(=O)C(=O)c2ccc(F)cc2)cc1. The van der Waals surface area contributed by atoms with Gasteiger partial charge in [0.25, 0.3) is 0 Å². The Morgan fingerprint density at radius 3 is 1.67 bits per heavy atom. The highest BCUT2D eigenvalue weighted by Crippen LogP contribution is 2.17. The lowest BCUT2D eigenvalue weighted by Gasteiger charge is -2.21. The van der Waals surface area contributed by atoms with Gasteiger partial charge in [-0.3, -0.25) is 9.59 Å². The van der Waals surface area contributed by atoms with E-state index in [9.17, 15) is 14.0 Å². The molecule has 0 heterocycles. The quantitative estimate of drug-likeness (QED) is 0.417. The van der Waals surface area contributed by atoms with E-state index in [0.29, 0.717) is 18.7 Å². The summed E-state index contributed by atoms with van der Waals surface area (Å²) < 4.78 is 12.9. The number of halogens is 1. The molecule has 0 aliphatic rings. The van der Waals surface area contributed by atoms with Gasteiger partial charge < -0.3 is 4.90 Å². The van der Waals surface area contributed by atoms with Gasteiger partial charge in [0, 0.05) is 29.9 Å². The molecule has 0 atom stereocenters. The van der Waals surface area contributed by atoms with Gasteiger partial charge in [0.05, 0.1) is 0 Å². The van der Waals surface area contributed by atoms with Crippen LogP contribution in [0.1, 0.15) is 20.7 Å². The van der Waals surface area contributed by atoms with Gasteiger partial charge in [-0.2, -0.15) is 0 Å². The molecule has 0 aliphatic carbocycles. The molecular weight excluding hydrogens is 305 g/mol. The Hall–Kier alpha value is -3.01. The number of Topliss-reactive ketones (excluding diaryl/α,β-unsaturated/α-hetero) is 2. The largest absolute Gasteiger partial charge is 0.364 e. The van der Waals surface area contributed by atoms with Gasteiger partial charge in [-0.25, -0.2) is 4.39 Å². The number of benzene rings is 2. The third kappa shape index (κ3) is 4.04. The molecule has 122 valence electrons. The van der Waals surface area contributed by atoms with Crippen LogP contribution in [0.15, 0.2) is 73.8 Å². The highest BCUT2D eigenvalue weighted by Gasteiger charge is 2.18. The van der Waals surface area contributed by atoms with Crippen LogP contribution < -0.4 is 4.90 Å². The van der Waals surface area contributed by atoms with E-state index in [4.69, 9.17) is 0 Å². The van der Waals surface area contributed by atoms with Gasteiger partial charge in [0.2, 0.25) is 11.6 Å². The summed E-state index contributed by atoms with van der Waals surface area (Å²) in [6, 6.07) is 11.7. The Morgan fingerprint density at radius 2 is 1.25 bits per heavy atom. The van der Waals surface area contributed by atoms with E-state index >= 15 is 0 Å². The standard InChI is InChI=1S/C20H18FNO2/c1-3-13-22(14-4-2)18-11-7-16(8-12-18)20(24)19(23)15-5-9-17(21)10-6-15/h3-12H,1-2,13-14H2. The van der Waals surface area contributed by atoms with E-state index in [-0.39, 0.29) is 5.56 Å². The van der Waals surface area contributed by atoms with E-state index in [2.05, 4.69) is 13.2 Å². The second-order valence-electron chi connectivity index (χ2n) is 5.19. The highest BCUT2D eigenvalue weighted by atomic mass is 19.1. The Kier molecular flexibility index (Phi) is 5.79. The fourth-order valence-corrected chi connectivity index (χ4v) is 2.28. The van der Waals surface area contributed by atoms with E-state index in [1.165, 1.54) is 12.1 Å². The van der Waals surface area contributed by atoms with Crippen LogP contribution in [-0.2, 0) is 0 Å². The maximum atomic E-state index is 12.9. The fraction of sp³-hybridized carbons (Fsp3) is 0.100. The second kappa shape index (κ2) is 8.02. The number of rotatable bonds is 8. The van der Waals surface area contributed by atoms with E-state index in [1.807, 2.05) is 4.90 Å². The molecule has 0 aromatic heterocycles. The van der Waals surface area contributed by atoms with Crippen molar-refractivity contribution < 1.29 is 14.0 Å². The lowest BCUT2D eigenvalue weighted by atomic mass is 10.0. The Labute approximate surface area is 140 Å². The number of carbonyl (C=O) groups excluding carboxylic acids is 2. The Balaban J connectivity index is 2.18. The molecule has 3 nitrogen and oxygen atoms in total. The lowest BCUT2D eigenvalue weighted by molar-refractivity contribution is 0.0817. The van der Waals surface area contributed by atoms with Crippen molar-refractivity contribution >= 4 is 17.3 Å². The minimum atomic E-state index is -0.656. The predicted molar refractivity (Wildman–Crippen MR) is 94.1 cm³/mol.